The quantitative estimate of drug-likeness (QED) is 0.893. The highest BCUT2D eigenvalue weighted by molar-refractivity contribution is 9.10. The predicted octanol–water partition coefficient (Wildman–Crippen LogP) is 2.16. The topological polar surface area (TPSA) is 33.3 Å². The van der Waals surface area contributed by atoms with Crippen molar-refractivity contribution in [3.8, 4) is 0 Å². The van der Waals surface area contributed by atoms with Gasteiger partial charge in [-0.15, -0.1) is 0 Å². The molecule has 1 atom stereocenters. The van der Waals surface area contributed by atoms with Gasteiger partial charge in [0.25, 0.3) is 0 Å². The third-order valence-electron chi connectivity index (χ3n) is 2.71. The lowest BCUT2D eigenvalue weighted by molar-refractivity contribution is 0.0372. The maximum atomic E-state index is 5.63. The second-order valence-corrected chi connectivity index (χ2v) is 4.95. The van der Waals surface area contributed by atoms with Crippen molar-refractivity contribution in [3.05, 3.63) is 28.2 Å². The first-order chi connectivity index (χ1) is 7.75. The number of morpholine rings is 1. The first-order valence-corrected chi connectivity index (χ1v) is 6.37. The van der Waals surface area contributed by atoms with Crippen LogP contribution in [-0.4, -0.2) is 32.3 Å². The summed E-state index contributed by atoms with van der Waals surface area (Å²) in [5.41, 5.74) is 2.43. The van der Waals surface area contributed by atoms with Crippen molar-refractivity contribution >= 4 is 21.6 Å². The van der Waals surface area contributed by atoms with Crippen molar-refractivity contribution in [2.45, 2.75) is 13.0 Å². The molecule has 0 amide bonds. The van der Waals surface area contributed by atoms with Crippen molar-refractivity contribution in [3.63, 3.8) is 0 Å². The van der Waals surface area contributed by atoms with Crippen LogP contribution in [0.5, 0.6) is 0 Å². The highest BCUT2D eigenvalue weighted by Gasteiger charge is 2.12. The van der Waals surface area contributed by atoms with E-state index in [2.05, 4.69) is 51.7 Å². The summed E-state index contributed by atoms with van der Waals surface area (Å²) in [4.78, 5) is 0. The van der Waals surface area contributed by atoms with E-state index in [1.807, 2.05) is 0 Å². The zero-order valence-electron chi connectivity index (χ0n) is 9.42. The Morgan fingerprint density at radius 2 is 2.44 bits per heavy atom. The predicted molar refractivity (Wildman–Crippen MR) is 70.0 cm³/mol. The van der Waals surface area contributed by atoms with Crippen LogP contribution in [0.25, 0.3) is 0 Å². The Bertz CT molecular complexity index is 351. The average molecular weight is 285 g/mol. The van der Waals surface area contributed by atoms with Gasteiger partial charge in [0.2, 0.25) is 0 Å². The number of rotatable bonds is 3. The molecule has 0 aromatic heterocycles. The van der Waals surface area contributed by atoms with Gasteiger partial charge in [-0.3, -0.25) is 0 Å². The van der Waals surface area contributed by atoms with E-state index in [0.717, 1.165) is 30.7 Å². The number of aryl methyl sites for hydroxylation is 1. The molecule has 2 N–H and O–H groups in total. The minimum absolute atomic E-state index is 0.275. The van der Waals surface area contributed by atoms with E-state index in [4.69, 9.17) is 4.74 Å². The van der Waals surface area contributed by atoms with Gasteiger partial charge in [-0.25, -0.2) is 0 Å². The Morgan fingerprint density at radius 1 is 1.56 bits per heavy atom. The summed E-state index contributed by atoms with van der Waals surface area (Å²) < 4.78 is 6.75. The van der Waals surface area contributed by atoms with Crippen LogP contribution in [0.15, 0.2) is 22.7 Å². The largest absolute Gasteiger partial charge is 0.382 e. The number of nitrogens with one attached hydrogen (secondary N) is 2. The van der Waals surface area contributed by atoms with Crippen LogP contribution in [-0.2, 0) is 4.74 Å². The Balaban J connectivity index is 1.88. The molecule has 0 radical (unpaired) electrons. The third kappa shape index (κ3) is 3.20. The number of benzene rings is 1. The molecule has 2 rings (SSSR count). The van der Waals surface area contributed by atoms with E-state index in [1.54, 1.807) is 0 Å². The first kappa shape index (κ1) is 11.9. The second-order valence-electron chi connectivity index (χ2n) is 4.04. The van der Waals surface area contributed by atoms with Gasteiger partial charge in [0.1, 0.15) is 0 Å². The molecule has 3 nitrogen and oxygen atoms in total. The molecule has 0 saturated carbocycles. The van der Waals surface area contributed by atoms with E-state index in [9.17, 15) is 0 Å². The maximum Gasteiger partial charge on any atom is 0.0872 e. The molecule has 1 aliphatic heterocycles. The Kier molecular flexibility index (Phi) is 4.21. The molecule has 88 valence electrons. The molecule has 1 saturated heterocycles. The van der Waals surface area contributed by atoms with Gasteiger partial charge in [0.05, 0.1) is 12.7 Å². The van der Waals surface area contributed by atoms with E-state index in [-0.39, 0.29) is 6.10 Å². The molecule has 4 heteroatoms. The molecular weight excluding hydrogens is 268 g/mol. The third-order valence-corrected chi connectivity index (χ3v) is 3.21. The molecule has 0 spiro atoms. The second kappa shape index (κ2) is 5.66. The van der Waals surface area contributed by atoms with Crippen molar-refractivity contribution in [1.82, 2.24) is 5.32 Å². The van der Waals surface area contributed by atoms with Crippen LogP contribution in [0.4, 0.5) is 5.69 Å². The molecule has 1 aliphatic rings. The molecule has 1 aromatic carbocycles. The summed E-state index contributed by atoms with van der Waals surface area (Å²) in [6.45, 7) is 5.67. The van der Waals surface area contributed by atoms with Gasteiger partial charge in [-0.2, -0.15) is 0 Å². The number of hydrogen-bond donors (Lipinski definition) is 2. The number of hydrogen-bond acceptors (Lipinski definition) is 3. The van der Waals surface area contributed by atoms with E-state index >= 15 is 0 Å². The van der Waals surface area contributed by atoms with Crippen molar-refractivity contribution < 1.29 is 4.74 Å². The summed E-state index contributed by atoms with van der Waals surface area (Å²) in [7, 11) is 0. The summed E-state index contributed by atoms with van der Waals surface area (Å²) in [6.07, 6.45) is 0.275. The number of anilines is 1. The summed E-state index contributed by atoms with van der Waals surface area (Å²) in [5.74, 6) is 0. The summed E-state index contributed by atoms with van der Waals surface area (Å²) in [5, 5.41) is 6.75. The summed E-state index contributed by atoms with van der Waals surface area (Å²) >= 11 is 3.46. The first-order valence-electron chi connectivity index (χ1n) is 5.58. The molecule has 1 heterocycles. The normalized spacial score (nSPS) is 20.8. The minimum Gasteiger partial charge on any atom is -0.382 e. The number of halogens is 1. The van der Waals surface area contributed by atoms with Gasteiger partial charge in [-0.1, -0.05) is 15.9 Å². The fourth-order valence-electron chi connectivity index (χ4n) is 1.80. The lowest BCUT2D eigenvalue weighted by Gasteiger charge is -2.24. The number of ether oxygens (including phenoxy) is 1. The molecule has 0 bridgehead atoms. The van der Waals surface area contributed by atoms with Crippen LogP contribution in [0, 0.1) is 6.92 Å². The zero-order chi connectivity index (χ0) is 11.4. The molecule has 1 unspecified atom stereocenters. The van der Waals surface area contributed by atoms with Gasteiger partial charge < -0.3 is 15.4 Å². The van der Waals surface area contributed by atoms with Gasteiger partial charge in [0.15, 0.2) is 0 Å². The van der Waals surface area contributed by atoms with Crippen LogP contribution in [0.2, 0.25) is 0 Å². The Morgan fingerprint density at radius 3 is 3.12 bits per heavy atom. The van der Waals surface area contributed by atoms with E-state index in [0.29, 0.717) is 0 Å². The Hall–Kier alpha value is -0.580. The highest BCUT2D eigenvalue weighted by atomic mass is 79.9. The SMILES string of the molecule is Cc1cc(Br)ccc1NCC1CNCCO1. The van der Waals surface area contributed by atoms with Crippen LogP contribution < -0.4 is 10.6 Å². The van der Waals surface area contributed by atoms with Crippen molar-refractivity contribution in [1.29, 1.82) is 0 Å². The highest BCUT2D eigenvalue weighted by Crippen LogP contribution is 2.20. The fraction of sp³-hybridized carbons (Fsp3) is 0.500. The minimum atomic E-state index is 0.275. The van der Waals surface area contributed by atoms with Gasteiger partial charge in [-0.05, 0) is 30.7 Å². The van der Waals surface area contributed by atoms with E-state index < -0.39 is 0 Å². The standard InChI is InChI=1S/C12H17BrN2O/c1-9-6-10(13)2-3-12(9)15-8-11-7-14-4-5-16-11/h2-3,6,11,14-15H,4-5,7-8H2,1H3. The molecule has 1 fully saturated rings. The Labute approximate surface area is 105 Å². The average Bonchev–Trinajstić information content (AvgIpc) is 2.29. The fourth-order valence-corrected chi connectivity index (χ4v) is 2.28. The van der Waals surface area contributed by atoms with Crippen molar-refractivity contribution in [2.75, 3.05) is 31.6 Å². The maximum absolute atomic E-state index is 5.63. The van der Waals surface area contributed by atoms with E-state index in [1.165, 1.54) is 11.3 Å². The van der Waals surface area contributed by atoms with Crippen molar-refractivity contribution in [2.24, 2.45) is 0 Å². The molecule has 1 aromatic rings. The smallest absolute Gasteiger partial charge is 0.0872 e. The van der Waals surface area contributed by atoms with Crippen LogP contribution >= 0.6 is 15.9 Å². The lowest BCUT2D eigenvalue weighted by Crippen LogP contribution is -2.42. The zero-order valence-corrected chi connectivity index (χ0v) is 11.0. The van der Waals surface area contributed by atoms with Gasteiger partial charge in [0, 0.05) is 29.8 Å². The van der Waals surface area contributed by atoms with Gasteiger partial charge >= 0.3 is 0 Å². The molecular formula is C12H17BrN2O. The summed E-state index contributed by atoms with van der Waals surface area (Å²) in [6, 6.07) is 6.26. The lowest BCUT2D eigenvalue weighted by atomic mass is 10.2. The van der Waals surface area contributed by atoms with Crippen LogP contribution in [0.1, 0.15) is 5.56 Å². The molecule has 0 aliphatic carbocycles. The van der Waals surface area contributed by atoms with Crippen LogP contribution in [0.3, 0.4) is 0 Å². The monoisotopic (exact) mass is 284 g/mol. The molecule has 16 heavy (non-hydrogen) atoms.